The van der Waals surface area contributed by atoms with Crippen molar-refractivity contribution in [3.63, 3.8) is 0 Å². The summed E-state index contributed by atoms with van der Waals surface area (Å²) in [5, 5.41) is 16.3. The molecule has 0 atom stereocenters. The fourth-order valence-electron chi connectivity index (χ4n) is 1.84. The molecule has 21 heavy (non-hydrogen) atoms. The second kappa shape index (κ2) is 5.45. The van der Waals surface area contributed by atoms with Crippen LogP contribution in [0.2, 0.25) is 5.02 Å². The predicted octanol–water partition coefficient (Wildman–Crippen LogP) is 2.01. The van der Waals surface area contributed by atoms with Gasteiger partial charge in [-0.2, -0.15) is 0 Å². The second-order valence-electron chi connectivity index (χ2n) is 4.36. The summed E-state index contributed by atoms with van der Waals surface area (Å²) in [7, 11) is -3.85. The number of nitrogens with zero attached hydrogens (tertiary/aromatic N) is 2. The first-order valence-electron chi connectivity index (χ1n) is 5.76. The average molecular weight is 331 g/mol. The summed E-state index contributed by atoms with van der Waals surface area (Å²) >= 11 is 5.80. The van der Waals surface area contributed by atoms with Crippen molar-refractivity contribution in [2.24, 2.45) is 0 Å². The summed E-state index contributed by atoms with van der Waals surface area (Å²) in [4.78, 5) is 11.0. The smallest absolute Gasteiger partial charge is 0.336 e. The third kappa shape index (κ3) is 3.22. The number of benzene rings is 1. The Balaban J connectivity index is 2.52. The molecule has 7 nitrogen and oxygen atoms in total. The molecule has 0 aliphatic heterocycles. The number of carboxylic acids is 1. The van der Waals surface area contributed by atoms with E-state index in [1.165, 1.54) is 26.0 Å². The van der Waals surface area contributed by atoms with Gasteiger partial charge in [0.25, 0.3) is 0 Å². The Bertz CT molecular complexity index is 813. The summed E-state index contributed by atoms with van der Waals surface area (Å²) in [5.41, 5.74) is -0.0501. The van der Waals surface area contributed by atoms with Crippen LogP contribution in [0.5, 0.6) is 0 Å². The Hall–Kier alpha value is -1.93. The monoisotopic (exact) mass is 330 g/mol. The summed E-state index contributed by atoms with van der Waals surface area (Å²) in [6.07, 6.45) is 0. The molecule has 0 aliphatic rings. The number of carboxylic acid groups (broad SMARTS) is 1. The van der Waals surface area contributed by atoms with E-state index < -0.39 is 21.6 Å². The van der Waals surface area contributed by atoms with E-state index in [1.54, 1.807) is 0 Å². The predicted molar refractivity (Wildman–Crippen MR) is 73.1 cm³/mol. The van der Waals surface area contributed by atoms with Crippen LogP contribution in [-0.4, -0.2) is 29.7 Å². The Kier molecular flexibility index (Phi) is 4.02. The normalized spacial score (nSPS) is 11.6. The van der Waals surface area contributed by atoms with Gasteiger partial charge in [-0.15, -0.1) is 10.2 Å². The Morgan fingerprint density at radius 3 is 2.52 bits per heavy atom. The molecule has 0 bridgehead atoms. The number of hydrogen-bond acceptors (Lipinski definition) is 6. The quantitative estimate of drug-likeness (QED) is 0.912. The zero-order chi connectivity index (χ0) is 15.8. The van der Waals surface area contributed by atoms with E-state index in [0.717, 1.165) is 0 Å². The molecule has 0 spiro atoms. The van der Waals surface area contributed by atoms with Crippen LogP contribution >= 0.6 is 11.6 Å². The lowest BCUT2D eigenvalue weighted by molar-refractivity contribution is 0.0696. The van der Waals surface area contributed by atoms with E-state index in [2.05, 4.69) is 10.2 Å². The van der Waals surface area contributed by atoms with Gasteiger partial charge in [-0.25, -0.2) is 13.2 Å². The van der Waals surface area contributed by atoms with Gasteiger partial charge in [0.2, 0.25) is 11.8 Å². The molecule has 9 heteroatoms. The summed E-state index contributed by atoms with van der Waals surface area (Å²) in [6, 6.07) is 2.41. The van der Waals surface area contributed by atoms with Gasteiger partial charge in [0.1, 0.15) is 5.75 Å². The number of hydrogen-bond donors (Lipinski definition) is 1. The van der Waals surface area contributed by atoms with Crippen molar-refractivity contribution in [2.75, 3.05) is 0 Å². The van der Waals surface area contributed by atoms with Crippen LogP contribution in [0, 0.1) is 13.8 Å². The van der Waals surface area contributed by atoms with Gasteiger partial charge in [0.05, 0.1) is 10.5 Å². The zero-order valence-corrected chi connectivity index (χ0v) is 12.7. The van der Waals surface area contributed by atoms with Crippen LogP contribution in [0.4, 0.5) is 0 Å². The van der Waals surface area contributed by atoms with E-state index in [-0.39, 0.29) is 32.8 Å². The highest BCUT2D eigenvalue weighted by atomic mass is 35.5. The zero-order valence-electron chi connectivity index (χ0n) is 11.1. The van der Waals surface area contributed by atoms with E-state index in [1.807, 2.05) is 0 Å². The molecule has 1 N–H and O–H groups in total. The van der Waals surface area contributed by atoms with Gasteiger partial charge < -0.3 is 9.52 Å². The topological polar surface area (TPSA) is 110 Å². The van der Waals surface area contributed by atoms with E-state index in [0.29, 0.717) is 0 Å². The summed E-state index contributed by atoms with van der Waals surface area (Å²) < 4.78 is 29.8. The standard InChI is InChI=1S/C12H11ClN2O5S/c1-6-9(12(16)17)3-8(13)4-10(6)21(18,19)5-11-15-14-7(2)20-11/h3-4H,5H2,1-2H3,(H,16,17). The van der Waals surface area contributed by atoms with Crippen LogP contribution in [0.15, 0.2) is 21.4 Å². The minimum absolute atomic E-state index is 0.0262. The number of halogens is 1. The first-order chi connectivity index (χ1) is 9.70. The maximum atomic E-state index is 12.4. The highest BCUT2D eigenvalue weighted by Crippen LogP contribution is 2.27. The molecule has 112 valence electrons. The third-order valence-electron chi connectivity index (χ3n) is 2.77. The highest BCUT2D eigenvalue weighted by Gasteiger charge is 2.24. The lowest BCUT2D eigenvalue weighted by atomic mass is 10.1. The van der Waals surface area contributed by atoms with Crippen molar-refractivity contribution in [1.82, 2.24) is 10.2 Å². The van der Waals surface area contributed by atoms with Crippen molar-refractivity contribution < 1.29 is 22.7 Å². The molecule has 0 amide bonds. The van der Waals surface area contributed by atoms with Gasteiger partial charge >= 0.3 is 5.97 Å². The molecule has 0 saturated heterocycles. The van der Waals surface area contributed by atoms with Crippen molar-refractivity contribution in [1.29, 1.82) is 0 Å². The largest absolute Gasteiger partial charge is 0.478 e. The fourth-order valence-corrected chi connectivity index (χ4v) is 3.60. The van der Waals surface area contributed by atoms with Gasteiger partial charge in [0, 0.05) is 11.9 Å². The van der Waals surface area contributed by atoms with Crippen LogP contribution in [0.1, 0.15) is 27.7 Å². The highest BCUT2D eigenvalue weighted by molar-refractivity contribution is 7.90. The maximum Gasteiger partial charge on any atom is 0.336 e. The molecule has 1 aromatic heterocycles. The first kappa shape index (κ1) is 15.5. The fraction of sp³-hybridized carbons (Fsp3) is 0.250. The minimum Gasteiger partial charge on any atom is -0.478 e. The molecule has 2 rings (SSSR count). The van der Waals surface area contributed by atoms with Crippen molar-refractivity contribution in [3.05, 3.63) is 40.1 Å². The van der Waals surface area contributed by atoms with Gasteiger partial charge in [-0.05, 0) is 24.6 Å². The lowest BCUT2D eigenvalue weighted by Crippen LogP contribution is -2.11. The van der Waals surface area contributed by atoms with Gasteiger partial charge in [-0.1, -0.05) is 11.6 Å². The molecule has 0 fully saturated rings. The van der Waals surface area contributed by atoms with Crippen LogP contribution in [0.3, 0.4) is 0 Å². The molecule has 1 aromatic carbocycles. The molecular formula is C12H11ClN2O5S. The van der Waals surface area contributed by atoms with Gasteiger partial charge in [-0.3, -0.25) is 0 Å². The van der Waals surface area contributed by atoms with Crippen LogP contribution < -0.4 is 0 Å². The molecule has 1 heterocycles. The number of aryl methyl sites for hydroxylation is 1. The second-order valence-corrected chi connectivity index (χ2v) is 6.75. The van der Waals surface area contributed by atoms with Crippen molar-refractivity contribution >= 4 is 27.4 Å². The Labute approximate surface area is 125 Å². The summed E-state index contributed by atoms with van der Waals surface area (Å²) in [6.45, 7) is 2.95. The number of carbonyl (C=O) groups is 1. The van der Waals surface area contributed by atoms with E-state index in [4.69, 9.17) is 21.1 Å². The van der Waals surface area contributed by atoms with E-state index in [9.17, 15) is 13.2 Å². The SMILES string of the molecule is Cc1nnc(CS(=O)(=O)c2cc(Cl)cc(C(=O)O)c2C)o1. The summed E-state index contributed by atoms with van der Waals surface area (Å²) in [5.74, 6) is -1.59. The number of rotatable bonds is 4. The maximum absolute atomic E-state index is 12.4. The average Bonchev–Trinajstić information content (AvgIpc) is 2.76. The number of aromatic nitrogens is 2. The first-order valence-corrected chi connectivity index (χ1v) is 7.79. The molecule has 0 saturated carbocycles. The molecule has 0 aliphatic carbocycles. The number of sulfone groups is 1. The molecule has 0 radical (unpaired) electrons. The Morgan fingerprint density at radius 1 is 1.33 bits per heavy atom. The number of aromatic carboxylic acids is 1. The minimum atomic E-state index is -3.85. The Morgan fingerprint density at radius 2 is 2.00 bits per heavy atom. The van der Waals surface area contributed by atoms with E-state index >= 15 is 0 Å². The van der Waals surface area contributed by atoms with Crippen molar-refractivity contribution in [2.45, 2.75) is 24.5 Å². The van der Waals surface area contributed by atoms with Crippen LogP contribution in [-0.2, 0) is 15.6 Å². The molecular weight excluding hydrogens is 320 g/mol. The van der Waals surface area contributed by atoms with Crippen molar-refractivity contribution in [3.8, 4) is 0 Å². The van der Waals surface area contributed by atoms with Crippen LogP contribution in [0.25, 0.3) is 0 Å². The molecule has 0 unspecified atom stereocenters. The molecule has 2 aromatic rings. The lowest BCUT2D eigenvalue weighted by Gasteiger charge is -2.09. The van der Waals surface area contributed by atoms with Gasteiger partial charge in [0.15, 0.2) is 9.84 Å². The third-order valence-corrected chi connectivity index (χ3v) is 4.71.